The molecule has 136 valence electrons. The number of hydrogen-bond acceptors (Lipinski definition) is 2. The molecule has 0 aromatic rings. The molecular weight excluding hydrogens is 284 g/mol. The fourth-order valence-electron chi connectivity index (χ4n) is 2.83. The summed E-state index contributed by atoms with van der Waals surface area (Å²) in [6, 6.07) is 0. The second-order valence-electron chi connectivity index (χ2n) is 7.13. The Balaban J connectivity index is 3.19. The van der Waals surface area contributed by atoms with Gasteiger partial charge in [0, 0.05) is 5.57 Å². The largest absolute Gasteiger partial charge is 0.462 e. The molecule has 0 aromatic heterocycles. The van der Waals surface area contributed by atoms with Gasteiger partial charge in [-0.05, 0) is 19.3 Å². The molecule has 0 aliphatic carbocycles. The molecule has 1 atom stereocenters. The molecule has 0 saturated heterocycles. The van der Waals surface area contributed by atoms with Gasteiger partial charge in [0.05, 0.1) is 6.61 Å². The van der Waals surface area contributed by atoms with Crippen LogP contribution in [0.4, 0.5) is 0 Å². The van der Waals surface area contributed by atoms with Crippen LogP contribution < -0.4 is 0 Å². The van der Waals surface area contributed by atoms with Crippen LogP contribution in [-0.4, -0.2) is 12.6 Å². The summed E-state index contributed by atoms with van der Waals surface area (Å²) >= 11 is 0. The van der Waals surface area contributed by atoms with Gasteiger partial charge in [-0.15, -0.1) is 0 Å². The first kappa shape index (κ1) is 22.2. The van der Waals surface area contributed by atoms with Crippen LogP contribution in [0.1, 0.15) is 104 Å². The van der Waals surface area contributed by atoms with Crippen molar-refractivity contribution >= 4 is 5.97 Å². The highest BCUT2D eigenvalue weighted by Crippen LogP contribution is 2.17. The van der Waals surface area contributed by atoms with Crippen LogP contribution >= 0.6 is 0 Å². The molecule has 0 bridgehead atoms. The van der Waals surface area contributed by atoms with Crippen molar-refractivity contribution in [2.75, 3.05) is 6.61 Å². The molecule has 0 N–H and O–H groups in total. The molecule has 2 heteroatoms. The van der Waals surface area contributed by atoms with E-state index < -0.39 is 0 Å². The maximum Gasteiger partial charge on any atom is 0.333 e. The van der Waals surface area contributed by atoms with E-state index in [-0.39, 0.29) is 5.97 Å². The molecule has 1 unspecified atom stereocenters. The van der Waals surface area contributed by atoms with Crippen molar-refractivity contribution in [3.05, 3.63) is 12.2 Å². The summed E-state index contributed by atoms with van der Waals surface area (Å²) in [6.45, 7) is 10.5. The van der Waals surface area contributed by atoms with Crippen molar-refractivity contribution in [2.45, 2.75) is 104 Å². The van der Waals surface area contributed by atoms with E-state index in [1.165, 1.54) is 70.6 Å². The topological polar surface area (TPSA) is 26.3 Å². The van der Waals surface area contributed by atoms with Gasteiger partial charge in [-0.1, -0.05) is 97.5 Å². The summed E-state index contributed by atoms with van der Waals surface area (Å²) in [5.41, 5.74) is 0.490. The average molecular weight is 325 g/mol. The van der Waals surface area contributed by atoms with Gasteiger partial charge in [-0.25, -0.2) is 4.79 Å². The van der Waals surface area contributed by atoms with Crippen LogP contribution in [0, 0.1) is 5.92 Å². The normalized spacial score (nSPS) is 12.1. The summed E-state index contributed by atoms with van der Waals surface area (Å²) in [4.78, 5) is 11.2. The second kappa shape index (κ2) is 16.1. The van der Waals surface area contributed by atoms with Gasteiger partial charge in [0.15, 0.2) is 0 Å². The van der Waals surface area contributed by atoms with E-state index in [9.17, 15) is 4.79 Å². The van der Waals surface area contributed by atoms with Crippen LogP contribution in [0.5, 0.6) is 0 Å². The van der Waals surface area contributed by atoms with E-state index in [0.717, 1.165) is 18.8 Å². The molecule has 0 heterocycles. The number of rotatable bonds is 16. The minimum Gasteiger partial charge on any atom is -0.462 e. The van der Waals surface area contributed by atoms with Crippen molar-refractivity contribution in [3.63, 3.8) is 0 Å². The smallest absolute Gasteiger partial charge is 0.333 e. The zero-order valence-electron chi connectivity index (χ0n) is 16.0. The van der Waals surface area contributed by atoms with Crippen LogP contribution in [-0.2, 0) is 9.53 Å². The summed E-state index contributed by atoms with van der Waals surface area (Å²) < 4.78 is 5.08. The van der Waals surface area contributed by atoms with Gasteiger partial charge in [0.1, 0.15) is 0 Å². The van der Waals surface area contributed by atoms with Crippen LogP contribution in [0.3, 0.4) is 0 Å². The van der Waals surface area contributed by atoms with Crippen molar-refractivity contribution in [1.29, 1.82) is 0 Å². The molecule has 2 nitrogen and oxygen atoms in total. The van der Waals surface area contributed by atoms with E-state index >= 15 is 0 Å². The highest BCUT2D eigenvalue weighted by atomic mass is 16.5. The number of ether oxygens (including phenoxy) is 1. The minimum absolute atomic E-state index is 0.256. The summed E-state index contributed by atoms with van der Waals surface area (Å²) in [5, 5.41) is 0. The maximum absolute atomic E-state index is 11.2. The van der Waals surface area contributed by atoms with Crippen molar-refractivity contribution in [2.24, 2.45) is 5.92 Å². The van der Waals surface area contributed by atoms with Gasteiger partial charge in [-0.3, -0.25) is 0 Å². The van der Waals surface area contributed by atoms with Crippen molar-refractivity contribution in [3.8, 4) is 0 Å². The zero-order chi connectivity index (χ0) is 17.3. The summed E-state index contributed by atoms with van der Waals surface area (Å²) in [6.07, 6.45) is 17.3. The lowest BCUT2D eigenvalue weighted by atomic mass is 9.96. The van der Waals surface area contributed by atoms with Gasteiger partial charge < -0.3 is 4.74 Å². The van der Waals surface area contributed by atoms with Gasteiger partial charge in [0.2, 0.25) is 0 Å². The Labute approximate surface area is 145 Å². The van der Waals surface area contributed by atoms with E-state index in [2.05, 4.69) is 20.4 Å². The standard InChI is InChI=1S/C21H40O2/c1-5-6-13-16-20(4)17-14-11-9-7-8-10-12-15-18-23-21(22)19(2)3/h20H,2,5-18H2,1,3-4H3. The SMILES string of the molecule is C=C(C)C(=O)OCCCCCCCCCCC(C)CCCCC. The van der Waals surface area contributed by atoms with E-state index in [1.807, 2.05) is 0 Å². The lowest BCUT2D eigenvalue weighted by Crippen LogP contribution is -2.05. The molecule has 0 aliphatic rings. The summed E-state index contributed by atoms with van der Waals surface area (Å²) in [5.74, 6) is 0.664. The molecule has 0 radical (unpaired) electrons. The Morgan fingerprint density at radius 1 is 0.870 bits per heavy atom. The molecule has 0 aromatic carbocycles. The molecule has 0 aliphatic heterocycles. The van der Waals surface area contributed by atoms with Gasteiger partial charge in [-0.2, -0.15) is 0 Å². The number of unbranched alkanes of at least 4 members (excludes halogenated alkanes) is 9. The molecular formula is C21H40O2. The predicted octanol–water partition coefficient (Wildman–Crippen LogP) is 6.83. The lowest BCUT2D eigenvalue weighted by Gasteiger charge is -2.10. The highest BCUT2D eigenvalue weighted by molar-refractivity contribution is 5.86. The Hall–Kier alpha value is -0.790. The Kier molecular flexibility index (Phi) is 15.5. The fourth-order valence-corrected chi connectivity index (χ4v) is 2.83. The first-order chi connectivity index (χ1) is 11.1. The number of carbonyl (C=O) groups excluding carboxylic acids is 1. The number of hydrogen-bond donors (Lipinski definition) is 0. The molecule has 23 heavy (non-hydrogen) atoms. The third kappa shape index (κ3) is 15.9. The third-order valence-corrected chi connectivity index (χ3v) is 4.47. The van der Waals surface area contributed by atoms with Gasteiger partial charge >= 0.3 is 5.97 Å². The first-order valence-electron chi connectivity index (χ1n) is 9.90. The van der Waals surface area contributed by atoms with Crippen molar-refractivity contribution < 1.29 is 9.53 Å². The Morgan fingerprint density at radius 2 is 1.35 bits per heavy atom. The highest BCUT2D eigenvalue weighted by Gasteiger charge is 2.02. The zero-order valence-corrected chi connectivity index (χ0v) is 16.0. The Morgan fingerprint density at radius 3 is 1.87 bits per heavy atom. The molecule has 0 spiro atoms. The number of carbonyl (C=O) groups is 1. The van der Waals surface area contributed by atoms with E-state index in [1.54, 1.807) is 6.92 Å². The molecule has 0 fully saturated rings. The maximum atomic E-state index is 11.2. The molecule has 0 saturated carbocycles. The molecule has 0 amide bonds. The predicted molar refractivity (Wildman–Crippen MR) is 101 cm³/mol. The summed E-state index contributed by atoms with van der Waals surface area (Å²) in [7, 11) is 0. The van der Waals surface area contributed by atoms with Gasteiger partial charge in [0.25, 0.3) is 0 Å². The molecule has 0 rings (SSSR count). The Bertz CT molecular complexity index is 296. The first-order valence-corrected chi connectivity index (χ1v) is 9.90. The number of esters is 1. The monoisotopic (exact) mass is 324 g/mol. The average Bonchev–Trinajstić information content (AvgIpc) is 2.52. The quantitative estimate of drug-likeness (QED) is 0.177. The van der Waals surface area contributed by atoms with E-state index in [4.69, 9.17) is 4.74 Å². The van der Waals surface area contributed by atoms with Crippen LogP contribution in [0.15, 0.2) is 12.2 Å². The van der Waals surface area contributed by atoms with Crippen LogP contribution in [0.2, 0.25) is 0 Å². The van der Waals surface area contributed by atoms with Crippen LogP contribution in [0.25, 0.3) is 0 Å². The van der Waals surface area contributed by atoms with Crippen molar-refractivity contribution in [1.82, 2.24) is 0 Å². The fraction of sp³-hybridized carbons (Fsp3) is 0.857. The second-order valence-corrected chi connectivity index (χ2v) is 7.13. The third-order valence-electron chi connectivity index (χ3n) is 4.47. The van der Waals surface area contributed by atoms with E-state index in [0.29, 0.717) is 12.2 Å². The lowest BCUT2D eigenvalue weighted by molar-refractivity contribution is -0.139. The minimum atomic E-state index is -0.256.